The van der Waals surface area contributed by atoms with Crippen LogP contribution >= 0.6 is 24.0 Å². The highest BCUT2D eigenvalue weighted by atomic mass is 35.5. The first-order chi connectivity index (χ1) is 13.0. The van der Waals surface area contributed by atoms with Gasteiger partial charge in [0.2, 0.25) is 0 Å². The van der Waals surface area contributed by atoms with Gasteiger partial charge >= 0.3 is 0 Å². The Morgan fingerprint density at radius 1 is 1.18 bits per heavy atom. The molecule has 1 unspecified atom stereocenters. The summed E-state index contributed by atoms with van der Waals surface area (Å²) in [5, 5.41) is 3.81. The predicted octanol–water partition coefficient (Wildman–Crippen LogP) is 3.85. The van der Waals surface area contributed by atoms with E-state index in [4.69, 9.17) is 23.1 Å². The van der Waals surface area contributed by atoms with Gasteiger partial charge in [-0.3, -0.25) is 4.79 Å². The molecule has 6 N–H and O–H groups in total. The first-order valence-electron chi connectivity index (χ1n) is 8.80. The second-order valence-electron chi connectivity index (χ2n) is 6.51. The van der Waals surface area contributed by atoms with Gasteiger partial charge in [0.25, 0.3) is 5.91 Å². The molecule has 0 bridgehead atoms. The zero-order valence-corrected chi connectivity index (χ0v) is 16.7. The number of hydrogen-bond donors (Lipinski definition) is 4. The van der Waals surface area contributed by atoms with Gasteiger partial charge in [0.1, 0.15) is 11.5 Å². The quantitative estimate of drug-likeness (QED) is 0.463. The predicted molar refractivity (Wildman–Crippen MR) is 115 cm³/mol. The number of benzene rings is 2. The number of halogens is 3. The Bertz CT molecular complexity index is 961. The Hall–Kier alpha value is -2.12. The summed E-state index contributed by atoms with van der Waals surface area (Å²) in [4.78, 5) is 15.5. The van der Waals surface area contributed by atoms with Gasteiger partial charge in [-0.05, 0) is 54.8 Å². The van der Waals surface area contributed by atoms with Crippen molar-refractivity contribution >= 4 is 40.8 Å². The summed E-state index contributed by atoms with van der Waals surface area (Å²) in [6.45, 7) is 0.985. The van der Waals surface area contributed by atoms with Crippen LogP contribution in [0.3, 0.4) is 0 Å². The van der Waals surface area contributed by atoms with Crippen LogP contribution in [0.5, 0.6) is 0 Å². The maximum Gasteiger partial charge on any atom is 0.267 e. The molecule has 1 aromatic heterocycles. The van der Waals surface area contributed by atoms with Gasteiger partial charge in [0, 0.05) is 23.5 Å². The van der Waals surface area contributed by atoms with E-state index >= 15 is 0 Å². The van der Waals surface area contributed by atoms with Crippen LogP contribution in [-0.2, 0) is 0 Å². The fraction of sp³-hybridized carbons (Fsp3) is 0.250. The molecule has 1 amide bonds. The molecule has 2 aromatic carbocycles. The molecule has 0 aliphatic carbocycles. The number of aromatic amines is 1. The van der Waals surface area contributed by atoms with Crippen molar-refractivity contribution in [2.45, 2.75) is 18.9 Å². The molecule has 0 saturated heterocycles. The van der Waals surface area contributed by atoms with Crippen LogP contribution in [0.4, 0.5) is 4.39 Å². The minimum Gasteiger partial charge on any atom is -0.351 e. The van der Waals surface area contributed by atoms with Crippen molar-refractivity contribution in [3.63, 3.8) is 0 Å². The Morgan fingerprint density at radius 3 is 2.61 bits per heavy atom. The van der Waals surface area contributed by atoms with Gasteiger partial charge < -0.3 is 21.8 Å². The molecule has 28 heavy (non-hydrogen) atoms. The summed E-state index contributed by atoms with van der Waals surface area (Å²) >= 11 is 5.87. The molecule has 3 rings (SSSR count). The summed E-state index contributed by atoms with van der Waals surface area (Å²) in [5.41, 5.74) is 14.4. The highest BCUT2D eigenvalue weighted by molar-refractivity contribution is 6.31. The number of fused-ring (bicyclic) bond motifs is 1. The van der Waals surface area contributed by atoms with E-state index in [0.29, 0.717) is 18.8 Å². The average molecular weight is 425 g/mol. The third-order valence-electron chi connectivity index (χ3n) is 4.42. The zero-order valence-electron chi connectivity index (χ0n) is 15.2. The summed E-state index contributed by atoms with van der Waals surface area (Å²) in [6.07, 6.45) is 1.60. The zero-order chi connectivity index (χ0) is 19.4. The van der Waals surface area contributed by atoms with Gasteiger partial charge in [-0.1, -0.05) is 29.8 Å². The Morgan fingerprint density at radius 2 is 1.89 bits per heavy atom. The Balaban J connectivity index is 0.00000280. The van der Waals surface area contributed by atoms with E-state index in [9.17, 15) is 9.18 Å². The maximum absolute atomic E-state index is 13.4. The molecule has 150 valence electrons. The van der Waals surface area contributed by atoms with E-state index in [1.807, 2.05) is 18.2 Å². The summed E-state index contributed by atoms with van der Waals surface area (Å²) < 4.78 is 13.4. The van der Waals surface area contributed by atoms with Gasteiger partial charge in [-0.2, -0.15) is 0 Å². The van der Waals surface area contributed by atoms with Crippen molar-refractivity contribution in [3.8, 4) is 11.1 Å². The lowest BCUT2D eigenvalue weighted by Gasteiger charge is -2.11. The highest BCUT2D eigenvalue weighted by Gasteiger charge is 2.12. The van der Waals surface area contributed by atoms with Crippen molar-refractivity contribution < 1.29 is 9.18 Å². The van der Waals surface area contributed by atoms with Gasteiger partial charge in [0.15, 0.2) is 0 Å². The summed E-state index contributed by atoms with van der Waals surface area (Å²) in [7, 11) is 0. The van der Waals surface area contributed by atoms with Crippen molar-refractivity contribution in [1.29, 1.82) is 0 Å². The highest BCUT2D eigenvalue weighted by Crippen LogP contribution is 2.28. The lowest BCUT2D eigenvalue weighted by Crippen LogP contribution is -2.37. The molecule has 0 fully saturated rings. The molecule has 0 spiro atoms. The fourth-order valence-electron chi connectivity index (χ4n) is 2.91. The lowest BCUT2D eigenvalue weighted by molar-refractivity contribution is 0.0946. The molecule has 0 saturated carbocycles. The summed E-state index contributed by atoms with van der Waals surface area (Å²) in [6, 6.07) is 12.0. The normalized spacial score (nSPS) is 11.9. The van der Waals surface area contributed by atoms with E-state index in [-0.39, 0.29) is 29.4 Å². The lowest BCUT2D eigenvalue weighted by atomic mass is 10.0. The van der Waals surface area contributed by atoms with Crippen LogP contribution in [0.15, 0.2) is 42.5 Å². The number of amides is 1. The number of carbonyl (C=O) groups excluding carboxylic acids is 1. The van der Waals surface area contributed by atoms with Gasteiger partial charge in [-0.25, -0.2) is 4.39 Å². The fourth-order valence-corrected chi connectivity index (χ4v) is 3.09. The molecule has 5 nitrogen and oxygen atoms in total. The number of nitrogens with two attached hydrogens (primary N) is 2. The first-order valence-corrected chi connectivity index (χ1v) is 9.18. The van der Waals surface area contributed by atoms with Crippen molar-refractivity contribution in [1.82, 2.24) is 10.3 Å². The molecular formula is C20H23Cl2FN4O. The third-order valence-corrected chi connectivity index (χ3v) is 4.71. The van der Waals surface area contributed by atoms with Crippen LogP contribution in [0.2, 0.25) is 5.02 Å². The smallest absolute Gasteiger partial charge is 0.267 e. The van der Waals surface area contributed by atoms with Crippen molar-refractivity contribution in [2.75, 3.05) is 13.1 Å². The van der Waals surface area contributed by atoms with Crippen molar-refractivity contribution in [2.24, 2.45) is 11.5 Å². The minimum absolute atomic E-state index is 0. The van der Waals surface area contributed by atoms with Gasteiger partial charge in [0.05, 0.1) is 5.02 Å². The molecule has 1 heterocycles. The Labute approximate surface area is 174 Å². The maximum atomic E-state index is 13.4. The van der Waals surface area contributed by atoms with E-state index in [1.165, 1.54) is 6.07 Å². The van der Waals surface area contributed by atoms with Gasteiger partial charge in [-0.15, -0.1) is 12.4 Å². The van der Waals surface area contributed by atoms with Crippen LogP contribution in [0.25, 0.3) is 22.0 Å². The van der Waals surface area contributed by atoms with Crippen molar-refractivity contribution in [3.05, 3.63) is 59.0 Å². The standard InChI is InChI=1S/C20H22ClFN4O.ClH/c21-16-8-12(5-6-17(16)22)13-3-4-14-10-19(26-18(14)9-13)20(27)25-11-15(24)2-1-7-23;/h3-6,8-10,15,26H,1-2,7,11,23-24H2,(H,25,27);1H. The minimum atomic E-state index is -0.454. The van der Waals surface area contributed by atoms with E-state index in [1.54, 1.807) is 18.2 Å². The number of aromatic nitrogens is 1. The molecule has 1 atom stereocenters. The molecular weight excluding hydrogens is 402 g/mol. The Kier molecular flexibility index (Phi) is 7.83. The largest absolute Gasteiger partial charge is 0.351 e. The molecule has 3 aromatic rings. The SMILES string of the molecule is Cl.NCCCC(N)CNC(=O)c1cc2ccc(-c3ccc(F)c(Cl)c3)cc2[nH]1. The molecule has 0 radical (unpaired) electrons. The monoisotopic (exact) mass is 424 g/mol. The number of nitrogens with one attached hydrogen (secondary N) is 2. The topological polar surface area (TPSA) is 96.9 Å². The van der Waals surface area contributed by atoms with E-state index in [0.717, 1.165) is 34.9 Å². The second-order valence-corrected chi connectivity index (χ2v) is 6.92. The number of H-pyrrole nitrogens is 1. The third kappa shape index (κ3) is 5.23. The van der Waals surface area contributed by atoms with Crippen LogP contribution in [-0.4, -0.2) is 30.0 Å². The molecule has 8 heteroatoms. The second kappa shape index (κ2) is 9.89. The van der Waals surface area contributed by atoms with E-state index in [2.05, 4.69) is 10.3 Å². The summed E-state index contributed by atoms with van der Waals surface area (Å²) in [5.74, 6) is -0.661. The number of hydrogen-bond acceptors (Lipinski definition) is 3. The average Bonchev–Trinajstić information content (AvgIpc) is 3.10. The van der Waals surface area contributed by atoms with E-state index < -0.39 is 5.82 Å². The molecule has 0 aliphatic heterocycles. The molecule has 0 aliphatic rings. The first kappa shape index (κ1) is 22.2. The number of carbonyl (C=O) groups is 1. The van der Waals surface area contributed by atoms with Crippen LogP contribution in [0.1, 0.15) is 23.3 Å². The van der Waals surface area contributed by atoms with Crippen LogP contribution in [0, 0.1) is 5.82 Å². The van der Waals surface area contributed by atoms with Crippen LogP contribution < -0.4 is 16.8 Å². The number of rotatable bonds is 7.